The molecule has 0 saturated heterocycles. The normalized spacial score (nSPS) is 12.8. The van der Waals surface area contributed by atoms with Crippen LogP contribution in [0.4, 0.5) is 0 Å². The van der Waals surface area contributed by atoms with Crippen LogP contribution in [0.3, 0.4) is 0 Å². The summed E-state index contributed by atoms with van der Waals surface area (Å²) in [4.78, 5) is 0. The van der Waals surface area contributed by atoms with Crippen molar-refractivity contribution in [2.45, 2.75) is 45.6 Å². The molecule has 0 spiro atoms. The Labute approximate surface area is 124 Å². The van der Waals surface area contributed by atoms with Crippen molar-refractivity contribution in [2.24, 2.45) is 5.73 Å². The molecule has 0 fully saturated rings. The Morgan fingerprint density at radius 1 is 0.700 bits per heavy atom. The standard InChI is InChI=1S/C15H33NO4/c1-3-4-7-17-9-11-19-13-14-20-12-10-18-8-5-6-15(2)16/h15H,3-14,16H2,1-2H3. The van der Waals surface area contributed by atoms with E-state index in [9.17, 15) is 0 Å². The molecule has 0 aliphatic heterocycles. The van der Waals surface area contributed by atoms with Gasteiger partial charge in [-0.1, -0.05) is 13.3 Å². The van der Waals surface area contributed by atoms with Crippen molar-refractivity contribution in [1.82, 2.24) is 0 Å². The largest absolute Gasteiger partial charge is 0.379 e. The third-order valence-corrected chi connectivity index (χ3v) is 2.71. The lowest BCUT2D eigenvalue weighted by Gasteiger charge is -2.08. The molecule has 0 aromatic rings. The molecule has 0 amide bonds. The third kappa shape index (κ3) is 17.8. The lowest BCUT2D eigenvalue weighted by molar-refractivity contribution is -0.00241. The van der Waals surface area contributed by atoms with Crippen molar-refractivity contribution in [1.29, 1.82) is 0 Å². The fourth-order valence-electron chi connectivity index (χ4n) is 1.52. The van der Waals surface area contributed by atoms with Crippen molar-refractivity contribution in [3.05, 3.63) is 0 Å². The Morgan fingerprint density at radius 3 is 1.50 bits per heavy atom. The van der Waals surface area contributed by atoms with Crippen LogP contribution < -0.4 is 5.73 Å². The van der Waals surface area contributed by atoms with E-state index in [1.807, 2.05) is 6.92 Å². The molecule has 0 aliphatic rings. The summed E-state index contributed by atoms with van der Waals surface area (Å²) in [6, 6.07) is 0.262. The summed E-state index contributed by atoms with van der Waals surface area (Å²) in [7, 11) is 0. The summed E-state index contributed by atoms with van der Waals surface area (Å²) in [5.41, 5.74) is 5.64. The predicted molar refractivity (Wildman–Crippen MR) is 81.1 cm³/mol. The molecule has 0 radical (unpaired) electrons. The highest BCUT2D eigenvalue weighted by molar-refractivity contribution is 4.51. The molecular weight excluding hydrogens is 258 g/mol. The second-order valence-electron chi connectivity index (χ2n) is 4.92. The molecule has 0 bridgehead atoms. The van der Waals surface area contributed by atoms with E-state index in [-0.39, 0.29) is 6.04 Å². The molecule has 0 aromatic carbocycles. The van der Waals surface area contributed by atoms with Crippen LogP contribution in [-0.4, -0.2) is 58.9 Å². The number of hydrogen-bond donors (Lipinski definition) is 1. The van der Waals surface area contributed by atoms with Gasteiger partial charge in [-0.25, -0.2) is 0 Å². The average Bonchev–Trinajstić information content (AvgIpc) is 2.43. The molecule has 2 N–H and O–H groups in total. The molecule has 5 nitrogen and oxygen atoms in total. The van der Waals surface area contributed by atoms with Gasteiger partial charge in [-0.15, -0.1) is 0 Å². The average molecular weight is 291 g/mol. The molecule has 0 aliphatic carbocycles. The van der Waals surface area contributed by atoms with Gasteiger partial charge in [0.1, 0.15) is 0 Å². The van der Waals surface area contributed by atoms with Gasteiger partial charge in [0.15, 0.2) is 0 Å². The van der Waals surface area contributed by atoms with E-state index in [2.05, 4.69) is 6.92 Å². The van der Waals surface area contributed by atoms with E-state index in [1.54, 1.807) is 0 Å². The van der Waals surface area contributed by atoms with Gasteiger partial charge >= 0.3 is 0 Å². The van der Waals surface area contributed by atoms with Crippen molar-refractivity contribution >= 4 is 0 Å². The summed E-state index contributed by atoms with van der Waals surface area (Å²) in [5, 5.41) is 0. The first-order valence-electron chi connectivity index (χ1n) is 7.84. The molecule has 0 saturated carbocycles. The Kier molecular flexibility index (Phi) is 16.7. The monoisotopic (exact) mass is 291 g/mol. The summed E-state index contributed by atoms with van der Waals surface area (Å²) in [6.45, 7) is 9.54. The first kappa shape index (κ1) is 19.8. The quantitative estimate of drug-likeness (QED) is 0.441. The van der Waals surface area contributed by atoms with Gasteiger partial charge in [-0.05, 0) is 26.2 Å². The van der Waals surface area contributed by atoms with Crippen molar-refractivity contribution in [3.8, 4) is 0 Å². The van der Waals surface area contributed by atoms with Crippen LogP contribution in [0.25, 0.3) is 0 Å². The molecule has 1 unspecified atom stereocenters. The predicted octanol–water partition coefficient (Wildman–Crippen LogP) is 1.98. The van der Waals surface area contributed by atoms with Crippen LogP contribution in [0.5, 0.6) is 0 Å². The zero-order valence-corrected chi connectivity index (χ0v) is 13.3. The molecular formula is C15H33NO4. The van der Waals surface area contributed by atoms with Crippen molar-refractivity contribution < 1.29 is 18.9 Å². The summed E-state index contributed by atoms with van der Waals surface area (Å²) in [5.74, 6) is 0. The molecule has 5 heteroatoms. The fraction of sp³-hybridized carbons (Fsp3) is 1.00. The topological polar surface area (TPSA) is 62.9 Å². The van der Waals surface area contributed by atoms with E-state index < -0.39 is 0 Å². The molecule has 1 atom stereocenters. The molecule has 0 heterocycles. The highest BCUT2D eigenvalue weighted by atomic mass is 16.6. The van der Waals surface area contributed by atoms with Crippen LogP contribution in [0, 0.1) is 0 Å². The highest BCUT2D eigenvalue weighted by Crippen LogP contribution is 1.93. The third-order valence-electron chi connectivity index (χ3n) is 2.71. The van der Waals surface area contributed by atoms with E-state index in [0.717, 1.165) is 32.5 Å². The second-order valence-corrected chi connectivity index (χ2v) is 4.92. The second kappa shape index (κ2) is 16.9. The summed E-state index contributed by atoms with van der Waals surface area (Å²) < 4.78 is 21.6. The van der Waals surface area contributed by atoms with Gasteiger partial charge in [-0.2, -0.15) is 0 Å². The molecule has 122 valence electrons. The number of rotatable bonds is 16. The maximum atomic E-state index is 5.64. The SMILES string of the molecule is CCCCOCCOCCOCCOCCCC(C)N. The smallest absolute Gasteiger partial charge is 0.0701 e. The Hall–Kier alpha value is -0.200. The first-order chi connectivity index (χ1) is 9.77. The van der Waals surface area contributed by atoms with Gasteiger partial charge in [0, 0.05) is 19.3 Å². The van der Waals surface area contributed by atoms with Crippen LogP contribution in [0.1, 0.15) is 39.5 Å². The minimum absolute atomic E-state index is 0.262. The van der Waals surface area contributed by atoms with E-state index in [0.29, 0.717) is 39.6 Å². The number of hydrogen-bond acceptors (Lipinski definition) is 5. The van der Waals surface area contributed by atoms with Gasteiger partial charge in [-0.3, -0.25) is 0 Å². The molecule has 0 rings (SSSR count). The highest BCUT2D eigenvalue weighted by Gasteiger charge is 1.95. The Balaban J connectivity index is 2.92. The lowest BCUT2D eigenvalue weighted by Crippen LogP contribution is -2.16. The molecule has 20 heavy (non-hydrogen) atoms. The number of unbranched alkanes of at least 4 members (excludes halogenated alkanes) is 1. The minimum Gasteiger partial charge on any atom is -0.379 e. The Morgan fingerprint density at radius 2 is 1.10 bits per heavy atom. The zero-order chi connectivity index (χ0) is 14.9. The van der Waals surface area contributed by atoms with Crippen LogP contribution in [-0.2, 0) is 18.9 Å². The maximum absolute atomic E-state index is 5.64. The van der Waals surface area contributed by atoms with E-state index >= 15 is 0 Å². The van der Waals surface area contributed by atoms with Crippen molar-refractivity contribution in [2.75, 3.05) is 52.9 Å². The lowest BCUT2D eigenvalue weighted by atomic mass is 10.2. The van der Waals surface area contributed by atoms with Gasteiger partial charge in [0.2, 0.25) is 0 Å². The summed E-state index contributed by atoms with van der Waals surface area (Å²) >= 11 is 0. The van der Waals surface area contributed by atoms with Crippen LogP contribution >= 0.6 is 0 Å². The van der Waals surface area contributed by atoms with E-state index in [4.69, 9.17) is 24.7 Å². The van der Waals surface area contributed by atoms with Gasteiger partial charge in [0.05, 0.1) is 39.6 Å². The minimum atomic E-state index is 0.262. The van der Waals surface area contributed by atoms with E-state index in [1.165, 1.54) is 6.42 Å². The van der Waals surface area contributed by atoms with Crippen LogP contribution in [0.2, 0.25) is 0 Å². The first-order valence-corrected chi connectivity index (χ1v) is 7.84. The zero-order valence-electron chi connectivity index (χ0n) is 13.3. The Bertz CT molecular complexity index is 179. The van der Waals surface area contributed by atoms with Gasteiger partial charge < -0.3 is 24.7 Å². The number of nitrogens with two attached hydrogens (primary N) is 1. The van der Waals surface area contributed by atoms with Crippen LogP contribution in [0.15, 0.2) is 0 Å². The van der Waals surface area contributed by atoms with Crippen molar-refractivity contribution in [3.63, 3.8) is 0 Å². The fourth-order valence-corrected chi connectivity index (χ4v) is 1.52. The summed E-state index contributed by atoms with van der Waals surface area (Å²) in [6.07, 6.45) is 4.31. The molecule has 0 aromatic heterocycles. The number of ether oxygens (including phenoxy) is 4. The maximum Gasteiger partial charge on any atom is 0.0701 e. The van der Waals surface area contributed by atoms with Gasteiger partial charge in [0.25, 0.3) is 0 Å².